The predicted octanol–water partition coefficient (Wildman–Crippen LogP) is 8.85. The highest BCUT2D eigenvalue weighted by molar-refractivity contribution is 6.41. The monoisotopic (exact) mass is 1000 g/mol. The molecule has 0 spiro atoms. The molecule has 0 radical (unpaired) electrons. The van der Waals surface area contributed by atoms with Crippen molar-refractivity contribution in [1.82, 2.24) is 29.7 Å². The molecule has 376 valence electrons. The Labute approximate surface area is 424 Å². The summed E-state index contributed by atoms with van der Waals surface area (Å²) in [5.41, 5.74) is 8.38. The van der Waals surface area contributed by atoms with E-state index in [4.69, 9.17) is 23.7 Å². The maximum absolute atomic E-state index is 13.4. The Balaban J connectivity index is 0.000000132. The van der Waals surface area contributed by atoms with Gasteiger partial charge in [0.15, 0.2) is 11.6 Å². The summed E-state index contributed by atoms with van der Waals surface area (Å²) in [5, 5.41) is 22.4. The van der Waals surface area contributed by atoms with Gasteiger partial charge in [0.05, 0.1) is 62.5 Å². The molecule has 6 aliphatic rings. The van der Waals surface area contributed by atoms with E-state index < -0.39 is 53.9 Å². The molecule has 4 aromatic heterocycles. The molecule has 2 saturated heterocycles. The van der Waals surface area contributed by atoms with E-state index in [1.165, 1.54) is 6.92 Å². The van der Waals surface area contributed by atoms with E-state index in [-0.39, 0.29) is 36.0 Å². The number of aliphatic hydroxyl groups is 1. The Kier molecular flexibility index (Phi) is 8.97. The van der Waals surface area contributed by atoms with Gasteiger partial charge in [0, 0.05) is 78.5 Å². The van der Waals surface area contributed by atoms with E-state index in [1.807, 2.05) is 125 Å². The van der Waals surface area contributed by atoms with E-state index in [0.29, 0.717) is 40.5 Å². The maximum atomic E-state index is 13.4. The fourth-order valence-corrected chi connectivity index (χ4v) is 13.9. The van der Waals surface area contributed by atoms with Gasteiger partial charge in [0.2, 0.25) is 0 Å². The van der Waals surface area contributed by atoms with E-state index in [2.05, 4.69) is 29.7 Å². The SMILES string of the molecule is CC(=O)O[C@H]1CC(n2c3ccccc3c3c4c(c5c6ccccc6[nH]c5c32)C(=O)NC4=O)[C@@H]2OC(C)(C)O[C@H]12.CC1(C)O[C@@H]2[C@@H](O)CC(n3c4ccccc4c4c5c(c6c7ccccc7[nH]c6c43)C(=O)NC5=O)[C@@H]2O1. The number of benzene rings is 6. The Hall–Kier alpha value is -7.93. The summed E-state index contributed by atoms with van der Waals surface area (Å²) < 4.78 is 35.2. The second kappa shape index (κ2) is 15.1. The lowest BCUT2D eigenvalue weighted by molar-refractivity contribution is -0.176. The van der Waals surface area contributed by atoms with Crippen molar-refractivity contribution >= 4 is 117 Å². The number of imide groups is 2. The lowest BCUT2D eigenvalue weighted by Gasteiger charge is -2.25. The zero-order valence-electron chi connectivity index (χ0n) is 41.2. The Morgan fingerprint density at radius 1 is 0.533 bits per heavy atom. The first-order chi connectivity index (χ1) is 36.1. The lowest BCUT2D eigenvalue weighted by Crippen LogP contribution is -2.32. The predicted molar refractivity (Wildman–Crippen MR) is 278 cm³/mol. The number of aromatic amines is 2. The fraction of sp³-hybridized carbons (Fsp3) is 0.293. The van der Waals surface area contributed by atoms with Gasteiger partial charge in [-0.2, -0.15) is 0 Å². The van der Waals surface area contributed by atoms with E-state index in [0.717, 1.165) is 81.8 Å². The first-order valence-corrected chi connectivity index (χ1v) is 25.3. The van der Waals surface area contributed by atoms with Gasteiger partial charge >= 0.3 is 5.97 Å². The molecule has 4 aliphatic heterocycles. The van der Waals surface area contributed by atoms with Crippen LogP contribution < -0.4 is 10.6 Å². The first-order valence-electron chi connectivity index (χ1n) is 25.3. The van der Waals surface area contributed by atoms with Crippen LogP contribution in [0.5, 0.6) is 0 Å². The molecule has 17 heteroatoms. The third kappa shape index (κ3) is 6.03. The van der Waals surface area contributed by atoms with Crippen molar-refractivity contribution in [3.63, 3.8) is 0 Å². The zero-order chi connectivity index (χ0) is 51.3. The van der Waals surface area contributed by atoms with E-state index in [9.17, 15) is 29.1 Å². The number of aliphatic hydroxyl groups excluding tert-OH is 1. The molecule has 0 bridgehead atoms. The van der Waals surface area contributed by atoms with Crippen LogP contribution in [0.4, 0.5) is 0 Å². The standard InChI is InChI=1S/C30H25N3O6.C28H23N3O5/c1-13(34)37-19-12-18(26-27(19)39-30(2,3)38-26)33-17-11-7-5-9-15(17)21-23-22(28(35)32-29(23)36)20-14-8-4-6-10-16(14)31-24(20)25(21)33;1-28(2)35-24-16(11-17(32)25(24)36-28)31-15-10-6-4-8-13(15)19-21-20(26(33)30-27(21)34)18-12-7-3-5-9-14(12)29-22(18)23(19)31/h4-11,18-19,26-27,31H,12H2,1-3H3,(H,32,35,36);3-10,16-17,24-25,29,32H,11H2,1-2H3,(H,30,33,34)/t18?,19-,26-,27+;16?,17-,24-,25+/m00/s1. The van der Waals surface area contributed by atoms with Crippen molar-refractivity contribution in [2.24, 2.45) is 0 Å². The summed E-state index contributed by atoms with van der Waals surface area (Å²) in [5.74, 6) is -3.60. The smallest absolute Gasteiger partial charge is 0.302 e. The topological polar surface area (TPSA) is 217 Å². The molecular weight excluding hydrogens is 957 g/mol. The molecular formula is C58H48N6O11. The quantitative estimate of drug-likeness (QED) is 0.0832. The van der Waals surface area contributed by atoms with Crippen molar-refractivity contribution in [2.75, 3.05) is 0 Å². The molecule has 4 fully saturated rings. The van der Waals surface area contributed by atoms with Gasteiger partial charge in [0.25, 0.3) is 23.6 Å². The van der Waals surface area contributed by atoms with Crippen LogP contribution in [0.15, 0.2) is 97.1 Å². The molecule has 17 nitrogen and oxygen atoms in total. The molecule has 4 amide bonds. The Morgan fingerprint density at radius 3 is 1.40 bits per heavy atom. The number of nitrogens with one attached hydrogen (secondary N) is 4. The number of carbonyl (C=O) groups excluding carboxylic acids is 5. The molecule has 2 aliphatic carbocycles. The van der Waals surface area contributed by atoms with Gasteiger partial charge in [-0.15, -0.1) is 0 Å². The van der Waals surface area contributed by atoms with Crippen LogP contribution in [0.1, 0.15) is 101 Å². The van der Waals surface area contributed by atoms with Gasteiger partial charge in [-0.3, -0.25) is 34.6 Å². The number of esters is 1. The van der Waals surface area contributed by atoms with Crippen molar-refractivity contribution in [3.8, 4) is 0 Å². The second-order valence-corrected chi connectivity index (χ2v) is 21.6. The number of carbonyl (C=O) groups is 5. The Bertz CT molecular complexity index is 4290. The summed E-state index contributed by atoms with van der Waals surface area (Å²) in [6, 6.07) is 30.9. The summed E-state index contributed by atoms with van der Waals surface area (Å²) in [6.45, 7) is 8.84. The molecule has 2 unspecified atom stereocenters. The zero-order valence-corrected chi connectivity index (χ0v) is 41.2. The van der Waals surface area contributed by atoms with Crippen LogP contribution >= 0.6 is 0 Å². The van der Waals surface area contributed by atoms with Gasteiger partial charge in [-0.05, 0) is 58.4 Å². The molecule has 6 aromatic carbocycles. The minimum absolute atomic E-state index is 0.234. The van der Waals surface area contributed by atoms with Crippen molar-refractivity contribution in [1.29, 1.82) is 0 Å². The molecule has 2 saturated carbocycles. The number of H-pyrrole nitrogens is 2. The van der Waals surface area contributed by atoms with Gasteiger partial charge < -0.3 is 47.9 Å². The van der Waals surface area contributed by atoms with Crippen molar-refractivity contribution in [2.45, 2.75) is 108 Å². The summed E-state index contributed by atoms with van der Waals surface area (Å²) >= 11 is 0. The summed E-state index contributed by atoms with van der Waals surface area (Å²) in [6.07, 6.45) is -1.90. The highest BCUT2D eigenvalue weighted by atomic mass is 16.8. The average Bonchev–Trinajstić information content (AvgIpc) is 4.34. The van der Waals surface area contributed by atoms with Crippen LogP contribution in [-0.2, 0) is 28.5 Å². The largest absolute Gasteiger partial charge is 0.460 e. The van der Waals surface area contributed by atoms with Crippen LogP contribution in [0.2, 0.25) is 0 Å². The number of ether oxygens (including phenoxy) is 5. The minimum Gasteiger partial charge on any atom is -0.460 e. The van der Waals surface area contributed by atoms with E-state index >= 15 is 0 Å². The van der Waals surface area contributed by atoms with Crippen molar-refractivity contribution < 1.29 is 52.8 Å². The normalized spacial score (nSPS) is 26.3. The maximum Gasteiger partial charge on any atom is 0.302 e. The highest BCUT2D eigenvalue weighted by Gasteiger charge is 2.58. The summed E-state index contributed by atoms with van der Waals surface area (Å²) in [4.78, 5) is 72.1. The number of aromatic nitrogens is 4. The van der Waals surface area contributed by atoms with Crippen LogP contribution in [-0.4, -0.2) is 102 Å². The van der Waals surface area contributed by atoms with Gasteiger partial charge in [-0.25, -0.2) is 0 Å². The fourth-order valence-electron chi connectivity index (χ4n) is 13.9. The number of fused-ring (bicyclic) bond motifs is 22. The van der Waals surface area contributed by atoms with Gasteiger partial charge in [-0.1, -0.05) is 72.8 Å². The molecule has 75 heavy (non-hydrogen) atoms. The molecule has 8 atom stereocenters. The van der Waals surface area contributed by atoms with E-state index in [1.54, 1.807) is 0 Å². The third-order valence-electron chi connectivity index (χ3n) is 16.3. The molecule has 10 aromatic rings. The third-order valence-corrected chi connectivity index (χ3v) is 16.3. The van der Waals surface area contributed by atoms with Crippen LogP contribution in [0.25, 0.3) is 87.2 Å². The van der Waals surface area contributed by atoms with Crippen LogP contribution in [0.3, 0.4) is 0 Å². The van der Waals surface area contributed by atoms with Gasteiger partial charge in [0.1, 0.15) is 30.5 Å². The number of para-hydroxylation sites is 4. The number of hydrogen-bond donors (Lipinski definition) is 5. The lowest BCUT2D eigenvalue weighted by atomic mass is 9.96. The molecule has 16 rings (SSSR count). The number of hydrogen-bond acceptors (Lipinski definition) is 11. The minimum atomic E-state index is -0.852. The second-order valence-electron chi connectivity index (χ2n) is 21.6. The number of amides is 4. The first kappa shape index (κ1) is 44.5. The van der Waals surface area contributed by atoms with Crippen LogP contribution in [0, 0.1) is 0 Å². The number of rotatable bonds is 3. The summed E-state index contributed by atoms with van der Waals surface area (Å²) in [7, 11) is 0. The number of nitrogens with zero attached hydrogens (tertiary/aromatic N) is 2. The Morgan fingerprint density at radius 2 is 0.920 bits per heavy atom. The molecule has 8 heterocycles. The van der Waals surface area contributed by atoms with Crippen molar-refractivity contribution in [3.05, 3.63) is 119 Å². The molecule has 5 N–H and O–H groups in total. The highest BCUT2D eigenvalue weighted by Crippen LogP contribution is 2.53. The average molecular weight is 1010 g/mol.